The third-order valence-electron chi connectivity index (χ3n) is 2.86. The molecule has 1 N–H and O–H groups in total. The van der Waals surface area contributed by atoms with Gasteiger partial charge in [0, 0.05) is 17.7 Å². The van der Waals surface area contributed by atoms with Gasteiger partial charge in [-0.2, -0.15) is 0 Å². The van der Waals surface area contributed by atoms with E-state index in [4.69, 9.17) is 0 Å². The van der Waals surface area contributed by atoms with Crippen molar-refractivity contribution in [2.75, 3.05) is 20.2 Å². The molecule has 1 amide bonds. The summed E-state index contributed by atoms with van der Waals surface area (Å²) in [4.78, 5) is 25.1. The number of methoxy groups -OCH3 is 1. The second-order valence-corrected chi connectivity index (χ2v) is 4.25. The van der Waals surface area contributed by atoms with Gasteiger partial charge in [-0.3, -0.25) is 9.59 Å². The van der Waals surface area contributed by atoms with E-state index in [9.17, 15) is 14.7 Å². The first-order chi connectivity index (χ1) is 9.01. The lowest BCUT2D eigenvalue weighted by Crippen LogP contribution is -2.37. The Kier molecular flexibility index (Phi) is 5.36. The molecule has 0 bridgehead atoms. The van der Waals surface area contributed by atoms with Gasteiger partial charge < -0.3 is 14.7 Å². The zero-order valence-corrected chi connectivity index (χ0v) is 11.5. The fourth-order valence-corrected chi connectivity index (χ4v) is 1.77. The van der Waals surface area contributed by atoms with E-state index in [0.29, 0.717) is 17.7 Å². The molecule has 1 aromatic rings. The van der Waals surface area contributed by atoms with E-state index in [0.717, 1.165) is 6.42 Å². The number of hydrogen-bond donors (Lipinski definition) is 1. The van der Waals surface area contributed by atoms with Gasteiger partial charge in [0.15, 0.2) is 0 Å². The van der Waals surface area contributed by atoms with Crippen LogP contribution in [0.5, 0.6) is 5.75 Å². The van der Waals surface area contributed by atoms with E-state index >= 15 is 0 Å². The average molecular weight is 265 g/mol. The fourth-order valence-electron chi connectivity index (χ4n) is 1.77. The van der Waals surface area contributed by atoms with Gasteiger partial charge in [-0.25, -0.2) is 0 Å². The molecule has 1 aromatic carbocycles. The van der Waals surface area contributed by atoms with Crippen molar-refractivity contribution in [2.45, 2.75) is 20.3 Å². The highest BCUT2D eigenvalue weighted by Crippen LogP contribution is 2.21. The maximum absolute atomic E-state index is 12.4. The summed E-state index contributed by atoms with van der Waals surface area (Å²) in [5.74, 6) is -0.666. The predicted octanol–water partition coefficient (Wildman–Crippen LogP) is 1.73. The molecule has 0 saturated carbocycles. The van der Waals surface area contributed by atoms with E-state index in [-0.39, 0.29) is 18.2 Å². The van der Waals surface area contributed by atoms with E-state index in [2.05, 4.69) is 4.74 Å². The first kappa shape index (κ1) is 15.0. The van der Waals surface area contributed by atoms with Gasteiger partial charge in [-0.05, 0) is 25.5 Å². The molecule has 0 heterocycles. The number of aromatic hydroxyl groups is 1. The molecule has 5 nitrogen and oxygen atoms in total. The van der Waals surface area contributed by atoms with Gasteiger partial charge in [-0.1, -0.05) is 13.0 Å². The lowest BCUT2D eigenvalue weighted by molar-refractivity contribution is -0.141. The molecule has 0 aliphatic rings. The van der Waals surface area contributed by atoms with Gasteiger partial charge in [0.1, 0.15) is 12.3 Å². The molecule has 0 atom stereocenters. The Morgan fingerprint density at radius 2 is 2.05 bits per heavy atom. The van der Waals surface area contributed by atoms with Gasteiger partial charge in [0.05, 0.1) is 7.11 Å². The van der Waals surface area contributed by atoms with E-state index in [1.807, 2.05) is 6.92 Å². The Morgan fingerprint density at radius 3 is 2.63 bits per heavy atom. The number of benzene rings is 1. The third-order valence-corrected chi connectivity index (χ3v) is 2.86. The molecular weight excluding hydrogens is 246 g/mol. The quantitative estimate of drug-likeness (QED) is 0.823. The number of rotatable bonds is 5. The van der Waals surface area contributed by atoms with E-state index in [1.54, 1.807) is 19.1 Å². The van der Waals surface area contributed by atoms with E-state index < -0.39 is 5.97 Å². The molecule has 0 aromatic heterocycles. The van der Waals surface area contributed by atoms with Crippen molar-refractivity contribution < 1.29 is 19.4 Å². The van der Waals surface area contributed by atoms with Crippen LogP contribution in [0.4, 0.5) is 0 Å². The molecule has 0 spiro atoms. The summed E-state index contributed by atoms with van der Waals surface area (Å²) in [7, 11) is 1.29. The number of ether oxygens (including phenoxy) is 1. The zero-order chi connectivity index (χ0) is 14.4. The second-order valence-electron chi connectivity index (χ2n) is 4.25. The summed E-state index contributed by atoms with van der Waals surface area (Å²) in [6.07, 6.45) is 0.737. The summed E-state index contributed by atoms with van der Waals surface area (Å²) < 4.78 is 4.58. The van der Waals surface area contributed by atoms with E-state index in [1.165, 1.54) is 18.1 Å². The van der Waals surface area contributed by atoms with Crippen molar-refractivity contribution in [2.24, 2.45) is 0 Å². The highest BCUT2D eigenvalue weighted by atomic mass is 16.5. The smallest absolute Gasteiger partial charge is 0.325 e. The maximum atomic E-state index is 12.4. The number of carbonyl (C=O) groups excluding carboxylic acids is 2. The molecule has 5 heteroatoms. The van der Waals surface area contributed by atoms with Gasteiger partial charge >= 0.3 is 5.97 Å². The van der Waals surface area contributed by atoms with Gasteiger partial charge in [0.25, 0.3) is 5.91 Å². The van der Waals surface area contributed by atoms with Crippen molar-refractivity contribution in [1.29, 1.82) is 0 Å². The lowest BCUT2D eigenvalue weighted by atomic mass is 10.1. The largest absolute Gasteiger partial charge is 0.508 e. The van der Waals surface area contributed by atoms with Crippen LogP contribution in [-0.4, -0.2) is 42.1 Å². The number of carbonyl (C=O) groups is 2. The molecule has 0 unspecified atom stereocenters. The number of nitrogens with zero attached hydrogens (tertiary/aromatic N) is 1. The Morgan fingerprint density at radius 1 is 1.37 bits per heavy atom. The Labute approximate surface area is 112 Å². The Hall–Kier alpha value is -2.04. The van der Waals surface area contributed by atoms with Crippen molar-refractivity contribution in [3.05, 3.63) is 29.3 Å². The summed E-state index contributed by atoms with van der Waals surface area (Å²) in [5.41, 5.74) is 0.913. The molecule has 1 rings (SSSR count). The van der Waals surface area contributed by atoms with Crippen molar-refractivity contribution >= 4 is 11.9 Å². The Balaban J connectivity index is 2.98. The van der Waals surface area contributed by atoms with Crippen molar-refractivity contribution in [3.63, 3.8) is 0 Å². The number of esters is 1. The normalized spacial score (nSPS) is 10.1. The van der Waals surface area contributed by atoms with Crippen LogP contribution in [0.3, 0.4) is 0 Å². The Bertz CT molecular complexity index is 471. The number of hydrogen-bond acceptors (Lipinski definition) is 4. The summed E-state index contributed by atoms with van der Waals surface area (Å²) in [6, 6.07) is 4.77. The van der Waals surface area contributed by atoms with Crippen molar-refractivity contribution in [3.8, 4) is 5.75 Å². The van der Waals surface area contributed by atoms with Gasteiger partial charge in [0.2, 0.25) is 0 Å². The SMILES string of the molecule is CCCN(CC(=O)OC)C(=O)c1cccc(O)c1C. The molecule has 0 radical (unpaired) electrons. The zero-order valence-electron chi connectivity index (χ0n) is 11.5. The highest BCUT2D eigenvalue weighted by Gasteiger charge is 2.20. The van der Waals surface area contributed by atoms with Crippen LogP contribution < -0.4 is 0 Å². The summed E-state index contributed by atoms with van der Waals surface area (Å²) in [6.45, 7) is 3.97. The van der Waals surface area contributed by atoms with Crippen LogP contribution in [0.15, 0.2) is 18.2 Å². The number of phenols is 1. The highest BCUT2D eigenvalue weighted by molar-refractivity contribution is 5.97. The van der Waals surface area contributed by atoms with Crippen LogP contribution in [0, 0.1) is 6.92 Å². The maximum Gasteiger partial charge on any atom is 0.325 e. The molecule has 0 aliphatic heterocycles. The first-order valence-electron chi connectivity index (χ1n) is 6.15. The summed E-state index contributed by atoms with van der Waals surface area (Å²) in [5, 5.41) is 9.63. The minimum atomic E-state index is -0.459. The molecule has 19 heavy (non-hydrogen) atoms. The number of amides is 1. The molecule has 0 saturated heterocycles. The predicted molar refractivity (Wildman–Crippen MR) is 71.1 cm³/mol. The number of phenolic OH excluding ortho intramolecular Hbond substituents is 1. The van der Waals surface area contributed by atoms with Crippen LogP contribution >= 0.6 is 0 Å². The fraction of sp³-hybridized carbons (Fsp3) is 0.429. The topological polar surface area (TPSA) is 66.8 Å². The molecule has 104 valence electrons. The minimum Gasteiger partial charge on any atom is -0.508 e. The lowest BCUT2D eigenvalue weighted by Gasteiger charge is -2.21. The average Bonchev–Trinajstić information content (AvgIpc) is 2.40. The first-order valence-corrected chi connectivity index (χ1v) is 6.15. The van der Waals surface area contributed by atoms with Crippen LogP contribution in [0.2, 0.25) is 0 Å². The van der Waals surface area contributed by atoms with Gasteiger partial charge in [-0.15, -0.1) is 0 Å². The van der Waals surface area contributed by atoms with Crippen LogP contribution in [0.1, 0.15) is 29.3 Å². The van der Waals surface area contributed by atoms with Crippen LogP contribution in [-0.2, 0) is 9.53 Å². The molecular formula is C14H19NO4. The monoisotopic (exact) mass is 265 g/mol. The van der Waals surface area contributed by atoms with Crippen LogP contribution in [0.25, 0.3) is 0 Å². The summed E-state index contributed by atoms with van der Waals surface area (Å²) >= 11 is 0. The molecule has 0 aliphatic carbocycles. The van der Waals surface area contributed by atoms with Crippen molar-refractivity contribution in [1.82, 2.24) is 4.90 Å². The standard InChI is InChI=1S/C14H19NO4/c1-4-8-15(9-13(17)19-3)14(18)11-6-5-7-12(16)10(11)2/h5-7,16H,4,8-9H2,1-3H3. The molecule has 0 fully saturated rings. The minimum absolute atomic E-state index is 0.0698. The third kappa shape index (κ3) is 3.71. The second kappa shape index (κ2) is 6.78.